The van der Waals surface area contributed by atoms with Gasteiger partial charge in [-0.1, -0.05) is 40.9 Å². The van der Waals surface area contributed by atoms with Gasteiger partial charge in [0.05, 0.1) is 39.2 Å². The number of fused-ring (bicyclic) bond motifs is 1. The second-order valence-electron chi connectivity index (χ2n) is 9.19. The van der Waals surface area contributed by atoms with Crippen LogP contribution >= 0.6 is 34.8 Å². The molecule has 6 nitrogen and oxygen atoms in total. The Morgan fingerprint density at radius 1 is 1.19 bits per heavy atom. The molecule has 4 rings (SSSR count). The number of piperidine rings is 1. The number of nitrogens with zero attached hydrogens (tertiary/aromatic N) is 3. The number of benzene rings is 2. The fraction of sp³-hybridized carbons (Fsp3) is 0.440. The van der Waals surface area contributed by atoms with Crippen LogP contribution in [0.1, 0.15) is 29.8 Å². The van der Waals surface area contributed by atoms with Gasteiger partial charge in [0.15, 0.2) is 0 Å². The molecule has 0 bridgehead atoms. The highest BCUT2D eigenvalue weighted by Crippen LogP contribution is 2.39. The standard InChI is InChI=1S/C25H27Cl3F3N5O/c1-32-12-23(37)33-11-14-5-6-17(26)16(24(14)28)8-22-34-19-9-18(27)20(10-21(19)35(22)2)36-7-3-4-15(13-36)25(29,30)31/h5-6,9-10,15,32H,3-4,7-8,11-13H2,1-2H3,(H,33,37). The molecule has 200 valence electrons. The topological polar surface area (TPSA) is 62.2 Å². The zero-order valence-electron chi connectivity index (χ0n) is 20.4. The number of likely N-dealkylation sites (N-methyl/N-ethyl adjacent to an activating group) is 1. The minimum Gasteiger partial charge on any atom is -0.370 e. The van der Waals surface area contributed by atoms with Crippen molar-refractivity contribution in [1.82, 2.24) is 20.2 Å². The molecule has 1 aromatic heterocycles. The number of nitrogens with one attached hydrogen (secondary N) is 2. The summed E-state index contributed by atoms with van der Waals surface area (Å²) in [5, 5.41) is 6.85. The van der Waals surface area contributed by atoms with Crippen LogP contribution in [0.4, 0.5) is 18.9 Å². The van der Waals surface area contributed by atoms with Gasteiger partial charge >= 0.3 is 6.18 Å². The summed E-state index contributed by atoms with van der Waals surface area (Å²) in [6, 6.07) is 6.97. The summed E-state index contributed by atoms with van der Waals surface area (Å²) >= 11 is 19.7. The predicted octanol–water partition coefficient (Wildman–Crippen LogP) is 5.74. The molecule has 1 saturated heterocycles. The first-order chi connectivity index (χ1) is 17.5. The number of halogens is 6. The lowest BCUT2D eigenvalue weighted by Crippen LogP contribution is -2.41. The number of aryl methyl sites for hydroxylation is 1. The third-order valence-corrected chi connectivity index (χ3v) is 7.81. The fourth-order valence-corrected chi connectivity index (χ4v) is 5.48. The van der Waals surface area contributed by atoms with Crippen molar-refractivity contribution in [3.8, 4) is 0 Å². The molecule has 1 aliphatic rings. The van der Waals surface area contributed by atoms with Crippen molar-refractivity contribution in [2.24, 2.45) is 13.0 Å². The molecule has 1 atom stereocenters. The van der Waals surface area contributed by atoms with E-state index in [0.717, 1.165) is 11.1 Å². The second kappa shape index (κ2) is 11.3. The number of imidazole rings is 1. The molecule has 1 aliphatic heterocycles. The summed E-state index contributed by atoms with van der Waals surface area (Å²) in [4.78, 5) is 18.2. The monoisotopic (exact) mass is 575 g/mol. The Balaban J connectivity index is 1.62. The van der Waals surface area contributed by atoms with Gasteiger partial charge in [0, 0.05) is 38.1 Å². The van der Waals surface area contributed by atoms with Gasteiger partial charge < -0.3 is 20.1 Å². The van der Waals surface area contributed by atoms with Gasteiger partial charge in [0.1, 0.15) is 5.82 Å². The quantitative estimate of drug-likeness (QED) is 0.377. The van der Waals surface area contributed by atoms with E-state index in [9.17, 15) is 18.0 Å². The number of hydrogen-bond donors (Lipinski definition) is 2. The maximum atomic E-state index is 13.4. The highest BCUT2D eigenvalue weighted by Gasteiger charge is 2.42. The first kappa shape index (κ1) is 27.8. The fourth-order valence-electron chi connectivity index (χ4n) is 4.63. The summed E-state index contributed by atoms with van der Waals surface area (Å²) in [6.07, 6.45) is -3.36. The molecule has 12 heteroatoms. The molecular weight excluding hydrogens is 550 g/mol. The maximum absolute atomic E-state index is 13.4. The average Bonchev–Trinajstić information content (AvgIpc) is 3.14. The normalized spacial score (nSPS) is 16.4. The van der Waals surface area contributed by atoms with Crippen LogP contribution in [-0.4, -0.2) is 48.3 Å². The molecule has 1 amide bonds. The van der Waals surface area contributed by atoms with Gasteiger partial charge in [-0.15, -0.1) is 0 Å². The number of amides is 1. The van der Waals surface area contributed by atoms with E-state index >= 15 is 0 Å². The first-order valence-electron chi connectivity index (χ1n) is 11.8. The Bertz CT molecular complexity index is 1310. The van der Waals surface area contributed by atoms with E-state index in [0.29, 0.717) is 57.0 Å². The van der Waals surface area contributed by atoms with Crippen molar-refractivity contribution in [3.63, 3.8) is 0 Å². The Kier molecular flexibility index (Phi) is 8.48. The minimum atomic E-state index is -4.24. The van der Waals surface area contributed by atoms with Crippen LogP contribution in [0.3, 0.4) is 0 Å². The number of anilines is 1. The van der Waals surface area contributed by atoms with Crippen molar-refractivity contribution in [1.29, 1.82) is 0 Å². The van der Waals surface area contributed by atoms with E-state index in [1.54, 1.807) is 36.2 Å². The smallest absolute Gasteiger partial charge is 0.370 e. The van der Waals surface area contributed by atoms with E-state index < -0.39 is 12.1 Å². The number of aromatic nitrogens is 2. The van der Waals surface area contributed by atoms with Crippen LogP contribution in [0, 0.1) is 5.92 Å². The van der Waals surface area contributed by atoms with E-state index in [4.69, 9.17) is 39.8 Å². The van der Waals surface area contributed by atoms with E-state index in [2.05, 4.69) is 10.6 Å². The van der Waals surface area contributed by atoms with Crippen LogP contribution in [0.25, 0.3) is 11.0 Å². The van der Waals surface area contributed by atoms with Gasteiger partial charge in [-0.05, 0) is 49.2 Å². The van der Waals surface area contributed by atoms with Gasteiger partial charge in [-0.2, -0.15) is 13.2 Å². The SMILES string of the molecule is CNCC(=O)NCc1ccc(Cl)c(Cc2nc3cc(Cl)c(N4CCCC(C(F)(F)F)C4)cc3n2C)c1Cl. The summed E-state index contributed by atoms with van der Waals surface area (Å²) in [7, 11) is 3.52. The molecular formula is C25H27Cl3F3N5O. The third kappa shape index (κ3) is 6.11. The third-order valence-electron chi connectivity index (χ3n) is 6.68. The number of carbonyl (C=O) groups excluding carboxylic acids is 1. The Morgan fingerprint density at radius 3 is 2.65 bits per heavy atom. The Labute approximate surface area is 228 Å². The largest absolute Gasteiger partial charge is 0.393 e. The van der Waals surface area contributed by atoms with Crippen molar-refractivity contribution < 1.29 is 18.0 Å². The minimum absolute atomic E-state index is 0.121. The number of hydrogen-bond acceptors (Lipinski definition) is 4. The summed E-state index contributed by atoms with van der Waals surface area (Å²) in [5.41, 5.74) is 3.31. The van der Waals surface area contributed by atoms with Crippen molar-refractivity contribution in [2.75, 3.05) is 31.6 Å². The van der Waals surface area contributed by atoms with Gasteiger partial charge in [0.25, 0.3) is 0 Å². The van der Waals surface area contributed by atoms with Crippen LogP contribution in [-0.2, 0) is 24.8 Å². The summed E-state index contributed by atoms with van der Waals surface area (Å²) < 4.78 is 41.9. The van der Waals surface area contributed by atoms with Crippen LogP contribution in [0.15, 0.2) is 24.3 Å². The van der Waals surface area contributed by atoms with Crippen LogP contribution in [0.2, 0.25) is 15.1 Å². The lowest BCUT2D eigenvalue weighted by molar-refractivity contribution is -0.176. The molecule has 2 heterocycles. The van der Waals surface area contributed by atoms with Crippen LogP contribution < -0.4 is 15.5 Å². The van der Waals surface area contributed by atoms with Gasteiger partial charge in [-0.3, -0.25) is 4.79 Å². The molecule has 0 saturated carbocycles. The Hall–Kier alpha value is -2.20. The molecule has 2 N–H and O–H groups in total. The average molecular weight is 577 g/mol. The molecule has 1 unspecified atom stereocenters. The lowest BCUT2D eigenvalue weighted by Gasteiger charge is -2.35. The van der Waals surface area contributed by atoms with Crippen molar-refractivity contribution >= 4 is 57.4 Å². The van der Waals surface area contributed by atoms with Crippen molar-refractivity contribution in [3.05, 3.63) is 56.3 Å². The second-order valence-corrected chi connectivity index (χ2v) is 10.4. The van der Waals surface area contributed by atoms with E-state index in [1.807, 2.05) is 11.6 Å². The summed E-state index contributed by atoms with van der Waals surface area (Å²) in [6.45, 7) is 0.824. The number of carbonyl (C=O) groups is 1. The van der Waals surface area contributed by atoms with E-state index in [-0.39, 0.29) is 32.0 Å². The number of rotatable bonds is 7. The summed E-state index contributed by atoms with van der Waals surface area (Å²) in [5.74, 6) is -0.877. The Morgan fingerprint density at radius 2 is 1.95 bits per heavy atom. The number of alkyl halides is 3. The lowest BCUT2D eigenvalue weighted by atomic mass is 9.97. The zero-order valence-corrected chi connectivity index (χ0v) is 22.6. The molecule has 0 aliphatic carbocycles. The highest BCUT2D eigenvalue weighted by molar-refractivity contribution is 6.36. The highest BCUT2D eigenvalue weighted by atomic mass is 35.5. The molecule has 37 heavy (non-hydrogen) atoms. The van der Waals surface area contributed by atoms with Crippen LogP contribution in [0.5, 0.6) is 0 Å². The van der Waals surface area contributed by atoms with E-state index in [1.165, 1.54) is 0 Å². The first-order valence-corrected chi connectivity index (χ1v) is 13.0. The molecule has 2 aromatic carbocycles. The van der Waals surface area contributed by atoms with Gasteiger partial charge in [0.2, 0.25) is 5.91 Å². The molecule has 0 radical (unpaired) electrons. The molecule has 3 aromatic rings. The maximum Gasteiger partial charge on any atom is 0.393 e. The molecule has 0 spiro atoms. The molecule has 1 fully saturated rings. The van der Waals surface area contributed by atoms with Crippen molar-refractivity contribution in [2.45, 2.75) is 32.0 Å². The predicted molar refractivity (Wildman–Crippen MR) is 142 cm³/mol. The zero-order chi connectivity index (χ0) is 26.9. The van der Waals surface area contributed by atoms with Gasteiger partial charge in [-0.25, -0.2) is 4.98 Å².